The summed E-state index contributed by atoms with van der Waals surface area (Å²) in [4.78, 5) is 11.5. The van der Waals surface area contributed by atoms with Gasteiger partial charge in [0.25, 0.3) is 0 Å². The Kier molecular flexibility index (Phi) is 5.32. The van der Waals surface area contributed by atoms with Gasteiger partial charge in [-0.2, -0.15) is 0 Å². The van der Waals surface area contributed by atoms with Crippen LogP contribution >= 0.6 is 0 Å². The molecule has 0 amide bonds. The normalized spacial score (nSPS) is 29.2. The molecule has 1 fully saturated rings. The van der Waals surface area contributed by atoms with Crippen molar-refractivity contribution in [3.8, 4) is 0 Å². The summed E-state index contributed by atoms with van der Waals surface area (Å²) in [5, 5.41) is 16.5. The van der Waals surface area contributed by atoms with E-state index >= 15 is 0 Å². The average molecular weight is 227 g/mol. The van der Waals surface area contributed by atoms with Gasteiger partial charge in [-0.15, -0.1) is 0 Å². The summed E-state index contributed by atoms with van der Waals surface area (Å²) in [7, 11) is 0.292. The maximum absolute atomic E-state index is 11.5. The van der Waals surface area contributed by atoms with E-state index in [9.17, 15) is 9.90 Å². The molecule has 0 aromatic rings. The van der Waals surface area contributed by atoms with Gasteiger partial charge in [-0.1, -0.05) is 0 Å². The van der Waals surface area contributed by atoms with Crippen molar-refractivity contribution in [1.29, 1.82) is 5.41 Å². The number of esters is 1. The van der Waals surface area contributed by atoms with Crippen LogP contribution in [0.3, 0.4) is 0 Å². The molecule has 3 atom stereocenters. The molecular weight excluding hydrogens is 209 g/mol. The van der Waals surface area contributed by atoms with Crippen molar-refractivity contribution >= 4 is 19.9 Å². The Morgan fingerprint density at radius 1 is 1.62 bits per heavy atom. The van der Waals surface area contributed by atoms with Crippen LogP contribution in [0.25, 0.3) is 0 Å². The number of aliphatic hydroxyl groups is 1. The van der Waals surface area contributed by atoms with Crippen LogP contribution < -0.4 is 0 Å². The number of aliphatic hydroxyl groups excluding tert-OH is 1. The Morgan fingerprint density at radius 2 is 2.38 bits per heavy atom. The monoisotopic (exact) mass is 227 g/mol. The third-order valence-corrected chi connectivity index (χ3v) is 2.96. The van der Waals surface area contributed by atoms with E-state index in [0.717, 1.165) is 6.40 Å². The molecule has 2 N–H and O–H groups in total. The summed E-state index contributed by atoms with van der Waals surface area (Å²) in [6.45, 7) is 2.17. The molecule has 6 heteroatoms. The van der Waals surface area contributed by atoms with Crippen molar-refractivity contribution in [2.45, 2.75) is 38.1 Å². The summed E-state index contributed by atoms with van der Waals surface area (Å²) in [5.74, 6) is -0.401. The molecule has 0 bridgehead atoms. The Labute approximate surface area is 95.9 Å². The largest absolute Gasteiger partial charge is 0.557 e. The third-order valence-electron chi connectivity index (χ3n) is 2.96. The van der Waals surface area contributed by atoms with E-state index in [-0.39, 0.29) is 17.7 Å². The second kappa shape index (κ2) is 6.53. The number of hydrogen-bond donors (Lipinski definition) is 2. The van der Waals surface area contributed by atoms with Gasteiger partial charge in [0.05, 0.1) is 18.6 Å². The predicted octanol–water partition coefficient (Wildman–Crippen LogP) is 0.474. The van der Waals surface area contributed by atoms with Crippen LogP contribution in [0.4, 0.5) is 0 Å². The van der Waals surface area contributed by atoms with E-state index in [0.29, 0.717) is 33.4 Å². The fourth-order valence-corrected chi connectivity index (χ4v) is 2.07. The van der Waals surface area contributed by atoms with Gasteiger partial charge in [-0.25, -0.2) is 0 Å². The van der Waals surface area contributed by atoms with E-state index in [1.54, 1.807) is 6.92 Å². The highest BCUT2D eigenvalue weighted by Crippen LogP contribution is 2.33. The first kappa shape index (κ1) is 13.0. The number of carbonyl (C=O) groups is 1. The van der Waals surface area contributed by atoms with Gasteiger partial charge in [-0.3, -0.25) is 10.2 Å². The second-order valence-electron chi connectivity index (χ2n) is 4.04. The average Bonchev–Trinajstić information content (AvgIpc) is 2.28. The number of rotatable bonds is 5. The Hall–Kier alpha value is -1.04. The molecule has 0 aliphatic heterocycles. The fourth-order valence-electron chi connectivity index (χ4n) is 2.07. The summed E-state index contributed by atoms with van der Waals surface area (Å²) >= 11 is 0. The van der Waals surface area contributed by atoms with Crippen molar-refractivity contribution in [1.82, 2.24) is 0 Å². The molecule has 1 aliphatic rings. The minimum absolute atomic E-state index is 0.0789. The molecule has 0 unspecified atom stereocenters. The Balaban J connectivity index is 2.46. The van der Waals surface area contributed by atoms with Gasteiger partial charge in [0.2, 0.25) is 0 Å². The van der Waals surface area contributed by atoms with Crippen molar-refractivity contribution in [3.63, 3.8) is 0 Å². The summed E-state index contributed by atoms with van der Waals surface area (Å²) in [6.07, 6.45) is 2.26. The summed E-state index contributed by atoms with van der Waals surface area (Å²) < 4.78 is 9.82. The molecule has 5 nitrogen and oxygen atoms in total. The zero-order chi connectivity index (χ0) is 12.0. The summed E-state index contributed by atoms with van der Waals surface area (Å²) in [6, 6.07) is 0. The van der Waals surface area contributed by atoms with Crippen molar-refractivity contribution < 1.29 is 19.3 Å². The standard InChI is InChI=1S/C10H18BNO4/c1-2-15-10(14)7-3-4-9(13)8(5-7)11-16-6-12/h6-9,11-13H,2-5H2,1H3/t7-,8+,9+/m0/s1. The Morgan fingerprint density at radius 3 is 3.00 bits per heavy atom. The van der Waals surface area contributed by atoms with E-state index in [1.165, 1.54) is 0 Å². The van der Waals surface area contributed by atoms with Gasteiger partial charge in [-0.05, 0) is 26.2 Å². The molecule has 16 heavy (non-hydrogen) atoms. The number of hydrogen-bond acceptors (Lipinski definition) is 5. The van der Waals surface area contributed by atoms with Gasteiger partial charge in [0, 0.05) is 5.82 Å². The van der Waals surface area contributed by atoms with E-state index in [1.807, 2.05) is 0 Å². The molecule has 0 saturated heterocycles. The first-order valence-electron chi connectivity index (χ1n) is 5.64. The van der Waals surface area contributed by atoms with Crippen molar-refractivity contribution in [2.75, 3.05) is 6.61 Å². The first-order valence-corrected chi connectivity index (χ1v) is 5.64. The van der Waals surface area contributed by atoms with Crippen LogP contribution in [0.1, 0.15) is 26.2 Å². The molecule has 1 rings (SSSR count). The lowest BCUT2D eigenvalue weighted by Gasteiger charge is -2.30. The summed E-state index contributed by atoms with van der Waals surface area (Å²) in [5.41, 5.74) is 0. The van der Waals surface area contributed by atoms with Crippen LogP contribution in [-0.2, 0) is 14.2 Å². The van der Waals surface area contributed by atoms with Gasteiger partial charge in [0.15, 0.2) is 0 Å². The molecule has 0 aromatic heterocycles. The van der Waals surface area contributed by atoms with Crippen LogP contribution in [-0.4, -0.2) is 37.7 Å². The molecule has 90 valence electrons. The van der Waals surface area contributed by atoms with Crippen LogP contribution in [0.5, 0.6) is 0 Å². The SMILES string of the molecule is CCOC(=O)[C@H]1CC[C@@H](O)[C@H](BOC=N)C1. The topological polar surface area (TPSA) is 79.6 Å². The van der Waals surface area contributed by atoms with Gasteiger partial charge in [0.1, 0.15) is 6.40 Å². The van der Waals surface area contributed by atoms with Crippen LogP contribution in [0, 0.1) is 11.3 Å². The lowest BCUT2D eigenvalue weighted by Crippen LogP contribution is -2.33. The van der Waals surface area contributed by atoms with Crippen molar-refractivity contribution in [2.24, 2.45) is 5.92 Å². The maximum Gasteiger partial charge on any atom is 0.347 e. The first-order chi connectivity index (χ1) is 7.69. The lowest BCUT2D eigenvalue weighted by atomic mass is 9.65. The van der Waals surface area contributed by atoms with Gasteiger partial charge >= 0.3 is 13.5 Å². The second-order valence-corrected chi connectivity index (χ2v) is 4.04. The van der Waals surface area contributed by atoms with E-state index in [2.05, 4.69) is 0 Å². The highest BCUT2D eigenvalue weighted by atomic mass is 16.5. The van der Waals surface area contributed by atoms with E-state index in [4.69, 9.17) is 14.8 Å². The quantitative estimate of drug-likeness (QED) is 0.309. The predicted molar refractivity (Wildman–Crippen MR) is 60.7 cm³/mol. The fraction of sp³-hybridized carbons (Fsp3) is 0.800. The smallest absolute Gasteiger partial charge is 0.347 e. The molecule has 1 saturated carbocycles. The van der Waals surface area contributed by atoms with Crippen LogP contribution in [0.15, 0.2) is 0 Å². The molecule has 1 aliphatic carbocycles. The van der Waals surface area contributed by atoms with Gasteiger partial charge < -0.3 is 14.5 Å². The third kappa shape index (κ3) is 3.52. The zero-order valence-corrected chi connectivity index (χ0v) is 9.52. The van der Waals surface area contributed by atoms with E-state index < -0.39 is 6.10 Å². The lowest BCUT2D eigenvalue weighted by molar-refractivity contribution is -0.149. The highest BCUT2D eigenvalue weighted by Gasteiger charge is 2.34. The molecular formula is C10H18BNO4. The van der Waals surface area contributed by atoms with Crippen LogP contribution in [0.2, 0.25) is 5.82 Å². The zero-order valence-electron chi connectivity index (χ0n) is 9.52. The highest BCUT2D eigenvalue weighted by molar-refractivity contribution is 6.32. The number of ether oxygens (including phenoxy) is 1. The molecule has 0 spiro atoms. The minimum atomic E-state index is -0.439. The molecule has 0 aromatic carbocycles. The molecule has 0 heterocycles. The maximum atomic E-state index is 11.5. The minimum Gasteiger partial charge on any atom is -0.557 e. The molecule has 0 radical (unpaired) electrons. The number of nitrogens with one attached hydrogen (secondary N) is 1. The Bertz CT molecular complexity index is 249. The number of carbonyl (C=O) groups excluding carboxylic acids is 1. The van der Waals surface area contributed by atoms with Crippen molar-refractivity contribution in [3.05, 3.63) is 0 Å².